The molecule has 1 amide bonds. The number of fused-ring (bicyclic) bond motifs is 1. The zero-order valence-electron chi connectivity index (χ0n) is 18.9. The largest absolute Gasteiger partial charge is 0.444 e. The number of amides is 1. The lowest BCUT2D eigenvalue weighted by atomic mass is 10.0. The molecule has 2 heterocycles. The molecular weight excluding hydrogens is 404 g/mol. The molecule has 0 aliphatic carbocycles. The van der Waals surface area contributed by atoms with Crippen LogP contribution in [0.15, 0.2) is 59.4 Å². The second kappa shape index (κ2) is 9.12. The van der Waals surface area contributed by atoms with Gasteiger partial charge in [-0.05, 0) is 44.9 Å². The fourth-order valence-electron chi connectivity index (χ4n) is 4.04. The quantitative estimate of drug-likeness (QED) is 0.676. The number of ether oxygens (including phenoxy) is 1. The Hall–Kier alpha value is -3.19. The van der Waals surface area contributed by atoms with E-state index in [0.717, 1.165) is 0 Å². The van der Waals surface area contributed by atoms with Crippen molar-refractivity contribution in [3.8, 4) is 0 Å². The summed E-state index contributed by atoms with van der Waals surface area (Å²) in [7, 11) is 0. The fourth-order valence-corrected chi connectivity index (χ4v) is 4.04. The number of nitrogens with zero attached hydrogens (tertiary/aromatic N) is 3. The topological polar surface area (TPSA) is 78.5 Å². The van der Waals surface area contributed by atoms with E-state index in [4.69, 9.17) is 9.72 Å². The van der Waals surface area contributed by atoms with Crippen molar-refractivity contribution in [1.29, 1.82) is 0 Å². The molecule has 0 radical (unpaired) electrons. The van der Waals surface area contributed by atoms with Gasteiger partial charge in [0.2, 0.25) is 0 Å². The maximum absolute atomic E-state index is 12.7. The van der Waals surface area contributed by atoms with Crippen LogP contribution < -0.4 is 5.56 Å². The number of para-hydroxylation sites is 1. The third kappa shape index (κ3) is 5.16. The van der Waals surface area contributed by atoms with E-state index in [2.05, 4.69) is 22.0 Å². The summed E-state index contributed by atoms with van der Waals surface area (Å²) in [6.07, 6.45) is 0.433. The van der Waals surface area contributed by atoms with Crippen molar-refractivity contribution >= 4 is 17.0 Å². The molecule has 2 aromatic carbocycles. The number of rotatable bonds is 4. The van der Waals surface area contributed by atoms with E-state index < -0.39 is 5.60 Å². The lowest BCUT2D eigenvalue weighted by molar-refractivity contribution is 0.00975. The Balaban J connectivity index is 1.59. The number of benzene rings is 2. The van der Waals surface area contributed by atoms with Crippen LogP contribution >= 0.6 is 0 Å². The second-order valence-electron chi connectivity index (χ2n) is 9.18. The molecule has 1 aliphatic rings. The van der Waals surface area contributed by atoms with Crippen molar-refractivity contribution in [2.45, 2.75) is 38.8 Å². The summed E-state index contributed by atoms with van der Waals surface area (Å²) in [4.78, 5) is 37.1. The van der Waals surface area contributed by atoms with E-state index in [1.165, 1.54) is 5.56 Å². The van der Waals surface area contributed by atoms with Crippen LogP contribution in [0.1, 0.15) is 38.2 Å². The monoisotopic (exact) mass is 434 g/mol. The molecule has 4 rings (SSSR count). The molecule has 7 heteroatoms. The summed E-state index contributed by atoms with van der Waals surface area (Å²) >= 11 is 0. The molecular formula is C25H30N4O3. The first-order valence-corrected chi connectivity index (χ1v) is 11.0. The normalized spacial score (nSPS) is 16.2. The summed E-state index contributed by atoms with van der Waals surface area (Å²) in [5, 5.41) is 0.587. The molecule has 1 unspecified atom stereocenters. The first-order chi connectivity index (χ1) is 15.3. The van der Waals surface area contributed by atoms with Gasteiger partial charge in [0.15, 0.2) is 0 Å². The van der Waals surface area contributed by atoms with Crippen molar-refractivity contribution in [3.05, 3.63) is 76.3 Å². The molecule has 168 valence electrons. The van der Waals surface area contributed by atoms with Crippen LogP contribution in [0.4, 0.5) is 4.79 Å². The number of hydrogen-bond acceptors (Lipinski definition) is 5. The van der Waals surface area contributed by atoms with Crippen molar-refractivity contribution in [3.63, 3.8) is 0 Å². The van der Waals surface area contributed by atoms with Crippen LogP contribution in [0.3, 0.4) is 0 Å². The van der Waals surface area contributed by atoms with E-state index >= 15 is 0 Å². The van der Waals surface area contributed by atoms with Gasteiger partial charge >= 0.3 is 6.09 Å². The lowest BCUT2D eigenvalue weighted by Crippen LogP contribution is -2.51. The van der Waals surface area contributed by atoms with Gasteiger partial charge in [-0.2, -0.15) is 0 Å². The maximum Gasteiger partial charge on any atom is 0.410 e. The van der Waals surface area contributed by atoms with Gasteiger partial charge in [-0.1, -0.05) is 42.5 Å². The second-order valence-corrected chi connectivity index (χ2v) is 9.18. The average molecular weight is 435 g/mol. The third-order valence-corrected chi connectivity index (χ3v) is 5.63. The number of H-pyrrole nitrogens is 1. The van der Waals surface area contributed by atoms with Gasteiger partial charge < -0.3 is 14.6 Å². The molecule has 0 spiro atoms. The summed E-state index contributed by atoms with van der Waals surface area (Å²) < 4.78 is 5.53. The molecule has 0 saturated carbocycles. The predicted molar refractivity (Wildman–Crippen MR) is 125 cm³/mol. The fraction of sp³-hybridized carbons (Fsp3) is 0.400. The molecule has 1 aliphatic heterocycles. The maximum atomic E-state index is 12.7. The zero-order valence-corrected chi connectivity index (χ0v) is 18.9. The number of carbonyl (C=O) groups excluding carboxylic acids is 1. The van der Waals surface area contributed by atoms with E-state index in [1.54, 1.807) is 11.0 Å². The minimum atomic E-state index is -0.515. The molecule has 0 bridgehead atoms. The number of nitrogens with one attached hydrogen (secondary N) is 1. The van der Waals surface area contributed by atoms with Gasteiger partial charge in [-0.15, -0.1) is 0 Å². The molecule has 32 heavy (non-hydrogen) atoms. The number of aromatic amines is 1. The Morgan fingerprint density at radius 2 is 1.69 bits per heavy atom. The predicted octanol–water partition coefficient (Wildman–Crippen LogP) is 3.76. The minimum absolute atomic E-state index is 0.101. The van der Waals surface area contributed by atoms with Crippen LogP contribution in [0, 0.1) is 0 Å². The highest BCUT2D eigenvalue weighted by Crippen LogP contribution is 2.25. The Kier molecular flexibility index (Phi) is 6.28. The van der Waals surface area contributed by atoms with Gasteiger partial charge in [-0.25, -0.2) is 9.78 Å². The Morgan fingerprint density at radius 1 is 1.03 bits per heavy atom. The highest BCUT2D eigenvalue weighted by Gasteiger charge is 2.31. The van der Waals surface area contributed by atoms with Gasteiger partial charge in [0.25, 0.3) is 5.56 Å². The lowest BCUT2D eigenvalue weighted by Gasteiger charge is -2.39. The summed E-state index contributed by atoms with van der Waals surface area (Å²) in [5.74, 6) is 0.656. The van der Waals surface area contributed by atoms with Crippen LogP contribution in [0.25, 0.3) is 10.9 Å². The summed E-state index contributed by atoms with van der Waals surface area (Å²) in [5.41, 5.74) is 1.22. The smallest absolute Gasteiger partial charge is 0.410 e. The van der Waals surface area contributed by atoms with Crippen molar-refractivity contribution in [1.82, 2.24) is 19.8 Å². The van der Waals surface area contributed by atoms with Crippen molar-refractivity contribution in [2.24, 2.45) is 0 Å². The summed E-state index contributed by atoms with van der Waals surface area (Å²) in [6, 6.07) is 17.5. The molecule has 1 N–H and O–H groups in total. The van der Waals surface area contributed by atoms with Gasteiger partial charge in [0, 0.05) is 26.2 Å². The van der Waals surface area contributed by atoms with E-state index in [9.17, 15) is 9.59 Å². The SMILES string of the molecule is CC(C)(C)OC(=O)N1CCN(C(Cc2ccccc2)c2nc3ccccc3c(=O)[nH]2)CC1. The highest BCUT2D eigenvalue weighted by molar-refractivity contribution is 5.77. The first kappa shape index (κ1) is 22.0. The first-order valence-electron chi connectivity index (χ1n) is 11.0. The van der Waals surface area contributed by atoms with Crippen LogP contribution in [-0.2, 0) is 11.2 Å². The number of carbonyl (C=O) groups is 1. The number of hydrogen-bond donors (Lipinski definition) is 1. The van der Waals surface area contributed by atoms with Gasteiger partial charge in [0.1, 0.15) is 11.4 Å². The van der Waals surface area contributed by atoms with Crippen LogP contribution in [0.5, 0.6) is 0 Å². The van der Waals surface area contributed by atoms with Gasteiger partial charge in [-0.3, -0.25) is 9.69 Å². The minimum Gasteiger partial charge on any atom is -0.444 e. The van der Waals surface area contributed by atoms with Gasteiger partial charge in [0.05, 0.1) is 16.9 Å². The Bertz CT molecular complexity index is 1130. The van der Waals surface area contributed by atoms with Crippen LogP contribution in [0.2, 0.25) is 0 Å². The average Bonchev–Trinajstić information content (AvgIpc) is 2.77. The summed E-state index contributed by atoms with van der Waals surface area (Å²) in [6.45, 7) is 8.10. The van der Waals surface area contributed by atoms with E-state index in [1.807, 2.05) is 57.2 Å². The molecule has 3 aromatic rings. The Labute approximate surface area is 188 Å². The molecule has 1 saturated heterocycles. The van der Waals surface area contributed by atoms with Crippen molar-refractivity contribution in [2.75, 3.05) is 26.2 Å². The number of aromatic nitrogens is 2. The van der Waals surface area contributed by atoms with Crippen LogP contribution in [-0.4, -0.2) is 57.6 Å². The third-order valence-electron chi connectivity index (χ3n) is 5.63. The molecule has 7 nitrogen and oxygen atoms in total. The Morgan fingerprint density at radius 3 is 2.38 bits per heavy atom. The van der Waals surface area contributed by atoms with E-state index in [-0.39, 0.29) is 17.7 Å². The molecule has 1 atom stereocenters. The molecule has 1 aromatic heterocycles. The standard InChI is InChI=1S/C25H30N4O3/c1-25(2,3)32-24(31)29-15-13-28(14-16-29)21(17-18-9-5-4-6-10-18)22-26-20-12-8-7-11-19(20)23(30)27-22/h4-12,21H,13-17H2,1-3H3,(H,26,27,30). The zero-order chi connectivity index (χ0) is 22.7. The van der Waals surface area contributed by atoms with Crippen molar-refractivity contribution < 1.29 is 9.53 Å². The molecule has 1 fully saturated rings. The highest BCUT2D eigenvalue weighted by atomic mass is 16.6. The van der Waals surface area contributed by atoms with E-state index in [0.29, 0.717) is 49.3 Å². The number of piperazine rings is 1.